The van der Waals surface area contributed by atoms with Gasteiger partial charge in [0.1, 0.15) is 17.5 Å². The molecule has 0 aliphatic heterocycles. The molecule has 16 heavy (non-hydrogen) atoms. The van der Waals surface area contributed by atoms with Crippen LogP contribution in [0, 0.1) is 6.92 Å². The molecular weight excluding hydrogens is 226 g/mol. The molecule has 0 saturated carbocycles. The highest BCUT2D eigenvalue weighted by atomic mass is 35.5. The number of carbonyl (C=O) groups is 1. The highest BCUT2D eigenvalue weighted by Gasteiger charge is 2.17. The van der Waals surface area contributed by atoms with Crippen LogP contribution in [0.1, 0.15) is 29.9 Å². The molecule has 0 saturated heterocycles. The van der Waals surface area contributed by atoms with Gasteiger partial charge < -0.3 is 5.32 Å². The van der Waals surface area contributed by atoms with Crippen LogP contribution in [0.5, 0.6) is 0 Å². The lowest BCUT2D eigenvalue weighted by Gasteiger charge is -2.18. The molecule has 2 rings (SSSR count). The number of halogens is 1. The number of hydrogen-bond acceptors (Lipinski definition) is 3. The quantitative estimate of drug-likeness (QED) is 0.802. The summed E-state index contributed by atoms with van der Waals surface area (Å²) in [5.41, 5.74) is 2.15. The Balaban J connectivity index is 2.35. The summed E-state index contributed by atoms with van der Waals surface area (Å²) in [5, 5.41) is 2.74. The predicted octanol–water partition coefficient (Wildman–Crippen LogP) is 1.84. The maximum Gasteiger partial charge on any atom is 0.240 e. The van der Waals surface area contributed by atoms with Crippen LogP contribution < -0.4 is 5.32 Å². The van der Waals surface area contributed by atoms with Gasteiger partial charge in [0.2, 0.25) is 5.91 Å². The van der Waals surface area contributed by atoms with E-state index < -0.39 is 0 Å². The number of alkyl halides is 1. The number of carbonyl (C=O) groups excluding carboxylic acids is 1. The van der Waals surface area contributed by atoms with Crippen LogP contribution in [0.25, 0.3) is 0 Å². The summed E-state index contributed by atoms with van der Waals surface area (Å²) in [6, 6.07) is 0. The third-order valence-electron chi connectivity index (χ3n) is 2.67. The lowest BCUT2D eigenvalue weighted by molar-refractivity contribution is -0.113. The Morgan fingerprint density at radius 3 is 2.88 bits per heavy atom. The zero-order valence-electron chi connectivity index (χ0n) is 9.22. The van der Waals surface area contributed by atoms with E-state index in [-0.39, 0.29) is 11.8 Å². The molecule has 0 fully saturated rings. The van der Waals surface area contributed by atoms with E-state index in [4.69, 9.17) is 11.6 Å². The zero-order valence-corrected chi connectivity index (χ0v) is 9.97. The fourth-order valence-electron chi connectivity index (χ4n) is 1.99. The summed E-state index contributed by atoms with van der Waals surface area (Å²) < 4.78 is 0. The van der Waals surface area contributed by atoms with Gasteiger partial charge in [-0.25, -0.2) is 9.97 Å². The first-order valence-electron chi connectivity index (χ1n) is 5.43. The fraction of sp³-hybridized carbons (Fsp3) is 0.545. The summed E-state index contributed by atoms with van der Waals surface area (Å²) in [6.07, 6.45) is 4.20. The van der Waals surface area contributed by atoms with Crippen molar-refractivity contribution in [3.05, 3.63) is 17.1 Å². The number of amides is 1. The number of nitrogens with zero attached hydrogens (tertiary/aromatic N) is 2. The lowest BCUT2D eigenvalue weighted by Crippen LogP contribution is -2.19. The van der Waals surface area contributed by atoms with Crippen molar-refractivity contribution < 1.29 is 4.79 Å². The molecule has 1 heterocycles. The molecule has 1 aromatic rings. The van der Waals surface area contributed by atoms with E-state index in [9.17, 15) is 4.79 Å². The molecule has 0 spiro atoms. The second-order valence-corrected chi connectivity index (χ2v) is 4.20. The standard InChI is InChI=1S/C11H14ClN3O/c1-7-13-9-5-3-2-4-8(9)11(14-7)15-10(16)6-12/h2-6H2,1H3,(H,13,14,15,16). The van der Waals surface area contributed by atoms with Gasteiger partial charge >= 0.3 is 0 Å². The van der Waals surface area contributed by atoms with Gasteiger partial charge in [0.15, 0.2) is 0 Å². The van der Waals surface area contributed by atoms with Gasteiger partial charge in [0, 0.05) is 11.3 Å². The molecule has 0 radical (unpaired) electrons. The number of hydrogen-bond donors (Lipinski definition) is 1. The van der Waals surface area contributed by atoms with Crippen molar-refractivity contribution in [2.24, 2.45) is 0 Å². The summed E-state index contributed by atoms with van der Waals surface area (Å²) in [7, 11) is 0. The Morgan fingerprint density at radius 2 is 2.12 bits per heavy atom. The van der Waals surface area contributed by atoms with Crippen molar-refractivity contribution >= 4 is 23.3 Å². The van der Waals surface area contributed by atoms with Crippen LogP contribution in [0.4, 0.5) is 5.82 Å². The Labute approximate surface area is 99.4 Å². The molecule has 1 amide bonds. The normalized spacial score (nSPS) is 14.4. The first-order chi connectivity index (χ1) is 7.70. The molecule has 0 atom stereocenters. The summed E-state index contributed by atoms with van der Waals surface area (Å²) in [6.45, 7) is 1.84. The Morgan fingerprint density at radius 1 is 1.38 bits per heavy atom. The van der Waals surface area contributed by atoms with Crippen molar-refractivity contribution in [3.63, 3.8) is 0 Å². The van der Waals surface area contributed by atoms with Crippen LogP contribution in [0.2, 0.25) is 0 Å². The number of aryl methyl sites for hydroxylation is 2. The van der Waals surface area contributed by atoms with Gasteiger partial charge in [-0.2, -0.15) is 0 Å². The number of aromatic nitrogens is 2. The molecule has 1 aliphatic carbocycles. The molecule has 1 aromatic heterocycles. The minimum absolute atomic E-state index is 0.0438. The van der Waals surface area contributed by atoms with Gasteiger partial charge in [0.05, 0.1) is 0 Å². The van der Waals surface area contributed by atoms with Crippen LogP contribution >= 0.6 is 11.6 Å². The number of rotatable bonds is 2. The molecule has 5 heteroatoms. The Kier molecular flexibility index (Phi) is 3.39. The van der Waals surface area contributed by atoms with E-state index >= 15 is 0 Å². The first kappa shape index (κ1) is 11.3. The average molecular weight is 240 g/mol. The van der Waals surface area contributed by atoms with E-state index in [2.05, 4.69) is 15.3 Å². The molecule has 0 bridgehead atoms. The van der Waals surface area contributed by atoms with Crippen LogP contribution in [0.15, 0.2) is 0 Å². The Bertz CT molecular complexity index is 420. The van der Waals surface area contributed by atoms with Gasteiger partial charge in [-0.1, -0.05) is 0 Å². The van der Waals surface area contributed by atoms with Crippen LogP contribution in [-0.4, -0.2) is 21.8 Å². The summed E-state index contributed by atoms with van der Waals surface area (Å²) in [4.78, 5) is 20.0. The fourth-order valence-corrected chi connectivity index (χ4v) is 2.05. The topological polar surface area (TPSA) is 54.9 Å². The largest absolute Gasteiger partial charge is 0.309 e. The maximum absolute atomic E-state index is 11.3. The number of fused-ring (bicyclic) bond motifs is 1. The summed E-state index contributed by atoms with van der Waals surface area (Å²) in [5.74, 6) is 1.09. The Hall–Kier alpha value is -1.16. The molecule has 0 aromatic carbocycles. The second-order valence-electron chi connectivity index (χ2n) is 3.93. The van der Waals surface area contributed by atoms with E-state index in [0.717, 1.165) is 36.9 Å². The van der Waals surface area contributed by atoms with Gasteiger partial charge in [-0.3, -0.25) is 4.79 Å². The van der Waals surface area contributed by atoms with E-state index in [0.29, 0.717) is 11.6 Å². The van der Waals surface area contributed by atoms with Crippen molar-refractivity contribution in [1.82, 2.24) is 9.97 Å². The molecule has 86 valence electrons. The maximum atomic E-state index is 11.3. The first-order valence-corrected chi connectivity index (χ1v) is 5.96. The predicted molar refractivity (Wildman–Crippen MR) is 62.8 cm³/mol. The van der Waals surface area contributed by atoms with Crippen molar-refractivity contribution in [2.75, 3.05) is 11.2 Å². The minimum atomic E-state index is -0.215. The van der Waals surface area contributed by atoms with Crippen LogP contribution in [0.3, 0.4) is 0 Å². The van der Waals surface area contributed by atoms with Crippen molar-refractivity contribution in [1.29, 1.82) is 0 Å². The third kappa shape index (κ3) is 2.32. The van der Waals surface area contributed by atoms with Crippen LogP contribution in [-0.2, 0) is 17.6 Å². The van der Waals surface area contributed by atoms with Gasteiger partial charge in [0.25, 0.3) is 0 Å². The smallest absolute Gasteiger partial charge is 0.240 e. The van der Waals surface area contributed by atoms with E-state index in [1.54, 1.807) is 0 Å². The monoisotopic (exact) mass is 239 g/mol. The SMILES string of the molecule is Cc1nc2c(c(NC(=O)CCl)n1)CCCC2. The average Bonchev–Trinajstić information content (AvgIpc) is 2.28. The lowest BCUT2D eigenvalue weighted by atomic mass is 9.96. The highest BCUT2D eigenvalue weighted by molar-refractivity contribution is 6.29. The van der Waals surface area contributed by atoms with Gasteiger partial charge in [-0.05, 0) is 32.6 Å². The third-order valence-corrected chi connectivity index (χ3v) is 2.92. The second kappa shape index (κ2) is 4.78. The van der Waals surface area contributed by atoms with Crippen molar-refractivity contribution in [2.45, 2.75) is 32.6 Å². The molecule has 0 unspecified atom stereocenters. The number of anilines is 1. The highest BCUT2D eigenvalue weighted by Crippen LogP contribution is 2.25. The molecular formula is C11H14ClN3O. The molecule has 1 aliphatic rings. The molecule has 4 nitrogen and oxygen atoms in total. The minimum Gasteiger partial charge on any atom is -0.309 e. The van der Waals surface area contributed by atoms with Crippen molar-refractivity contribution in [3.8, 4) is 0 Å². The zero-order chi connectivity index (χ0) is 11.5. The van der Waals surface area contributed by atoms with E-state index in [1.807, 2.05) is 6.92 Å². The number of nitrogens with one attached hydrogen (secondary N) is 1. The molecule has 1 N–H and O–H groups in total. The summed E-state index contributed by atoms with van der Waals surface area (Å²) >= 11 is 5.47. The van der Waals surface area contributed by atoms with E-state index in [1.165, 1.54) is 0 Å². The van der Waals surface area contributed by atoms with Gasteiger partial charge in [-0.15, -0.1) is 11.6 Å².